The van der Waals surface area contributed by atoms with Gasteiger partial charge in [-0.15, -0.1) is 0 Å². The van der Waals surface area contributed by atoms with Crippen molar-refractivity contribution >= 4 is 29.4 Å². The Labute approximate surface area is 183 Å². The van der Waals surface area contributed by atoms with Gasteiger partial charge in [-0.2, -0.15) is 0 Å². The van der Waals surface area contributed by atoms with Crippen LogP contribution in [-0.2, 0) is 14.4 Å². The first-order valence-corrected chi connectivity index (χ1v) is 9.77. The molecule has 9 nitrogen and oxygen atoms in total. The Morgan fingerprint density at radius 1 is 1.12 bits per heavy atom. The quantitative estimate of drug-likeness (QED) is 0.349. The van der Waals surface area contributed by atoms with E-state index in [1.165, 1.54) is 41.3 Å². The first-order chi connectivity index (χ1) is 15.3. The average Bonchev–Trinajstić information content (AvgIpc) is 3.03. The molecule has 1 atom stereocenters. The lowest BCUT2D eigenvalue weighted by molar-refractivity contribution is -0.384. The number of carbonyl (C=O) groups excluding carboxylic acids is 2. The van der Waals surface area contributed by atoms with Crippen molar-refractivity contribution in [1.82, 2.24) is 4.90 Å². The number of non-ortho nitro benzene ring substituents is 1. The van der Waals surface area contributed by atoms with Gasteiger partial charge in [0.05, 0.1) is 16.5 Å². The number of hydrogen-bond acceptors (Lipinski definition) is 6. The van der Waals surface area contributed by atoms with Crippen molar-refractivity contribution in [2.75, 3.05) is 6.54 Å². The van der Waals surface area contributed by atoms with E-state index >= 15 is 0 Å². The van der Waals surface area contributed by atoms with Gasteiger partial charge in [0, 0.05) is 25.1 Å². The van der Waals surface area contributed by atoms with Gasteiger partial charge in [-0.25, -0.2) is 0 Å². The molecule has 9 heteroatoms. The minimum absolute atomic E-state index is 0.0538. The Balaban J connectivity index is 2.00. The summed E-state index contributed by atoms with van der Waals surface area (Å²) in [4.78, 5) is 48.4. The number of aliphatic hydroxyl groups is 1. The summed E-state index contributed by atoms with van der Waals surface area (Å²) in [5.41, 5.74) is 0.551. The molecule has 0 saturated carbocycles. The summed E-state index contributed by atoms with van der Waals surface area (Å²) >= 11 is 0. The van der Waals surface area contributed by atoms with Crippen LogP contribution in [0.15, 0.2) is 72.0 Å². The van der Waals surface area contributed by atoms with E-state index in [1.807, 2.05) is 6.07 Å². The lowest BCUT2D eigenvalue weighted by Crippen LogP contribution is -2.32. The van der Waals surface area contributed by atoms with Gasteiger partial charge >= 0.3 is 5.97 Å². The van der Waals surface area contributed by atoms with E-state index in [4.69, 9.17) is 5.11 Å². The molecule has 0 fully saturated rings. The molecule has 1 heterocycles. The summed E-state index contributed by atoms with van der Waals surface area (Å²) in [6.45, 7) is -0.0538. The van der Waals surface area contributed by atoms with Crippen LogP contribution in [0.25, 0.3) is 6.08 Å². The molecule has 0 aromatic heterocycles. The number of rotatable bonds is 9. The molecule has 2 N–H and O–H groups in total. The molecule has 0 saturated heterocycles. The Morgan fingerprint density at radius 3 is 2.50 bits per heavy atom. The van der Waals surface area contributed by atoms with Crippen LogP contribution in [0.2, 0.25) is 0 Å². The first-order valence-electron chi connectivity index (χ1n) is 9.77. The molecular formula is C23H20N2O7. The molecule has 0 unspecified atom stereocenters. The van der Waals surface area contributed by atoms with Gasteiger partial charge in [0.1, 0.15) is 0 Å². The third-order valence-electron chi connectivity index (χ3n) is 4.98. The normalized spacial score (nSPS) is 16.1. The number of carboxylic acids is 1. The Hall–Kier alpha value is -4.27. The second kappa shape index (κ2) is 9.69. The van der Waals surface area contributed by atoms with Crippen molar-refractivity contribution in [2.24, 2.45) is 0 Å². The molecule has 3 rings (SSSR count). The third-order valence-corrected chi connectivity index (χ3v) is 4.98. The fraction of sp³-hybridized carbons (Fsp3) is 0.174. The summed E-state index contributed by atoms with van der Waals surface area (Å²) in [6, 6.07) is 13.3. The number of allylic oxidation sites excluding steroid dienone is 1. The van der Waals surface area contributed by atoms with E-state index in [2.05, 4.69) is 0 Å². The number of aliphatic carboxylic acids is 1. The van der Waals surface area contributed by atoms with Crippen molar-refractivity contribution in [1.29, 1.82) is 0 Å². The van der Waals surface area contributed by atoms with Crippen LogP contribution < -0.4 is 0 Å². The number of benzene rings is 2. The highest BCUT2D eigenvalue weighted by atomic mass is 16.6. The average molecular weight is 436 g/mol. The minimum atomic E-state index is -1.08. The standard InChI is InChI=1S/C23H20N2O7/c26-18(12-11-15-6-2-1-3-7-15)20-21(16-8-4-9-17(14-16)25(31)32)24(23(30)22(20)29)13-5-10-19(27)28/h1-4,6-9,11-12,14,21,29H,5,10,13H2,(H,27,28)/b12-11+/t21-/m0/s1. The molecule has 0 radical (unpaired) electrons. The molecule has 2 aromatic carbocycles. The van der Waals surface area contributed by atoms with Gasteiger partial charge in [0.25, 0.3) is 11.6 Å². The molecule has 1 aliphatic rings. The first kappa shape index (κ1) is 22.4. The van der Waals surface area contributed by atoms with Gasteiger partial charge in [0.15, 0.2) is 11.5 Å². The number of nitro benzene ring substituents is 1. The van der Waals surface area contributed by atoms with Gasteiger partial charge in [-0.05, 0) is 23.6 Å². The maximum absolute atomic E-state index is 13.0. The fourth-order valence-electron chi connectivity index (χ4n) is 3.52. The lowest BCUT2D eigenvalue weighted by atomic mass is 9.95. The van der Waals surface area contributed by atoms with Crippen LogP contribution in [0.3, 0.4) is 0 Å². The van der Waals surface area contributed by atoms with E-state index in [0.717, 1.165) is 5.56 Å². The van der Waals surface area contributed by atoms with Gasteiger partial charge in [-0.3, -0.25) is 24.5 Å². The van der Waals surface area contributed by atoms with Crippen molar-refractivity contribution in [3.8, 4) is 0 Å². The SMILES string of the molecule is O=C(O)CCCN1C(=O)C(O)=C(C(=O)/C=C/c2ccccc2)[C@@H]1c1cccc([N+](=O)[O-])c1. The molecule has 0 aliphatic carbocycles. The molecule has 0 spiro atoms. The van der Waals surface area contributed by atoms with Crippen LogP contribution in [0, 0.1) is 10.1 Å². The molecule has 0 bridgehead atoms. The monoisotopic (exact) mass is 436 g/mol. The predicted octanol–water partition coefficient (Wildman–Crippen LogP) is 3.44. The molecule has 1 amide bonds. The van der Waals surface area contributed by atoms with Crippen molar-refractivity contribution in [3.05, 3.63) is 93.2 Å². The number of carboxylic acid groups (broad SMARTS) is 1. The zero-order chi connectivity index (χ0) is 23.3. The summed E-state index contributed by atoms with van der Waals surface area (Å²) in [5, 5.41) is 30.6. The number of aliphatic hydroxyl groups excluding tert-OH is 1. The molecular weight excluding hydrogens is 416 g/mol. The maximum atomic E-state index is 13.0. The summed E-state index contributed by atoms with van der Waals surface area (Å²) in [6.07, 6.45) is 2.62. The largest absolute Gasteiger partial charge is 0.503 e. The summed E-state index contributed by atoms with van der Waals surface area (Å²) in [7, 11) is 0. The van der Waals surface area contributed by atoms with Gasteiger partial charge < -0.3 is 15.1 Å². The van der Waals surface area contributed by atoms with Crippen LogP contribution >= 0.6 is 0 Å². The van der Waals surface area contributed by atoms with Gasteiger partial charge in [-0.1, -0.05) is 48.5 Å². The highest BCUT2D eigenvalue weighted by Crippen LogP contribution is 2.39. The minimum Gasteiger partial charge on any atom is -0.503 e. The Morgan fingerprint density at radius 2 is 1.84 bits per heavy atom. The fourth-order valence-corrected chi connectivity index (χ4v) is 3.52. The third kappa shape index (κ3) is 4.89. The smallest absolute Gasteiger partial charge is 0.303 e. The Bertz CT molecular complexity index is 1120. The van der Waals surface area contributed by atoms with Crippen LogP contribution in [0.4, 0.5) is 5.69 Å². The highest BCUT2D eigenvalue weighted by molar-refractivity contribution is 6.14. The number of hydrogen-bond donors (Lipinski definition) is 2. The van der Waals surface area contributed by atoms with Crippen molar-refractivity contribution < 1.29 is 29.5 Å². The van der Waals surface area contributed by atoms with E-state index in [1.54, 1.807) is 24.3 Å². The number of carbonyl (C=O) groups is 3. The maximum Gasteiger partial charge on any atom is 0.303 e. The second-order valence-corrected chi connectivity index (χ2v) is 7.12. The molecule has 32 heavy (non-hydrogen) atoms. The topological polar surface area (TPSA) is 138 Å². The van der Waals surface area contributed by atoms with Crippen molar-refractivity contribution in [2.45, 2.75) is 18.9 Å². The summed E-state index contributed by atoms with van der Waals surface area (Å²) in [5.74, 6) is -3.26. The zero-order valence-corrected chi connectivity index (χ0v) is 16.9. The molecule has 2 aromatic rings. The van der Waals surface area contributed by atoms with E-state index < -0.39 is 34.4 Å². The Kier molecular flexibility index (Phi) is 6.79. The van der Waals surface area contributed by atoms with E-state index in [-0.39, 0.29) is 36.2 Å². The van der Waals surface area contributed by atoms with Crippen LogP contribution in [-0.4, -0.2) is 44.2 Å². The lowest BCUT2D eigenvalue weighted by Gasteiger charge is -2.26. The zero-order valence-electron chi connectivity index (χ0n) is 16.9. The number of ketones is 1. The number of nitro groups is 1. The molecule has 164 valence electrons. The number of nitrogens with zero attached hydrogens (tertiary/aromatic N) is 2. The van der Waals surface area contributed by atoms with Crippen LogP contribution in [0.1, 0.15) is 30.0 Å². The molecule has 1 aliphatic heterocycles. The van der Waals surface area contributed by atoms with Gasteiger partial charge in [0.2, 0.25) is 0 Å². The second-order valence-electron chi connectivity index (χ2n) is 7.12. The van der Waals surface area contributed by atoms with Crippen molar-refractivity contribution in [3.63, 3.8) is 0 Å². The number of amides is 1. The predicted molar refractivity (Wildman–Crippen MR) is 115 cm³/mol. The van der Waals surface area contributed by atoms with E-state index in [0.29, 0.717) is 0 Å². The highest BCUT2D eigenvalue weighted by Gasteiger charge is 2.43. The van der Waals surface area contributed by atoms with E-state index in [9.17, 15) is 29.6 Å². The summed E-state index contributed by atoms with van der Waals surface area (Å²) < 4.78 is 0. The van der Waals surface area contributed by atoms with Crippen LogP contribution in [0.5, 0.6) is 0 Å².